The second-order valence-electron chi connectivity index (χ2n) is 6.01. The molecule has 1 aromatic carbocycles. The Morgan fingerprint density at radius 2 is 2.09 bits per heavy atom. The van der Waals surface area contributed by atoms with Gasteiger partial charge in [0.2, 0.25) is 10.0 Å². The van der Waals surface area contributed by atoms with E-state index < -0.39 is 27.2 Å². The lowest BCUT2D eigenvalue weighted by atomic mass is 9.90. The highest BCUT2D eigenvalue weighted by Crippen LogP contribution is 2.34. The van der Waals surface area contributed by atoms with Crippen LogP contribution >= 0.6 is 0 Å². The fraction of sp³-hybridized carbons (Fsp3) is 0.429. The number of carboxylic acids is 1. The summed E-state index contributed by atoms with van der Waals surface area (Å²) in [5, 5.41) is 9.23. The van der Waals surface area contributed by atoms with Gasteiger partial charge in [0.25, 0.3) is 0 Å². The van der Waals surface area contributed by atoms with Crippen LogP contribution in [0.2, 0.25) is 0 Å². The van der Waals surface area contributed by atoms with E-state index in [9.17, 15) is 23.1 Å². The zero-order chi connectivity index (χ0) is 17.0. The van der Waals surface area contributed by atoms with Gasteiger partial charge in [-0.1, -0.05) is 0 Å². The molecule has 1 aliphatic rings. The molecular weight excluding hydrogens is 324 g/mol. The lowest BCUT2D eigenvalue weighted by molar-refractivity contribution is -0.146. The Kier molecular flexibility index (Phi) is 3.38. The van der Waals surface area contributed by atoms with Crippen LogP contribution in [0, 0.1) is 5.41 Å². The Morgan fingerprint density at radius 1 is 1.39 bits per heavy atom. The quantitative estimate of drug-likeness (QED) is 0.877. The summed E-state index contributed by atoms with van der Waals surface area (Å²) in [6.45, 7) is 1.59. The van der Waals surface area contributed by atoms with Crippen molar-refractivity contribution in [3.8, 4) is 0 Å². The molecule has 9 heteroatoms. The lowest BCUT2D eigenvalue weighted by Gasteiger charge is -2.20. The average molecular weight is 340 g/mol. The van der Waals surface area contributed by atoms with Crippen LogP contribution in [0.5, 0.6) is 0 Å². The van der Waals surface area contributed by atoms with Gasteiger partial charge in [-0.25, -0.2) is 13.2 Å². The predicted octanol–water partition coefficient (Wildman–Crippen LogP) is 0.617. The van der Waals surface area contributed by atoms with Crippen LogP contribution in [-0.4, -0.2) is 41.5 Å². The third-order valence-corrected chi connectivity index (χ3v) is 6.20. The molecule has 2 aromatic rings. The minimum atomic E-state index is -3.84. The number of sulfonamides is 1. The molecule has 0 saturated carbocycles. The molecule has 0 bridgehead atoms. The minimum Gasteiger partial charge on any atom is -0.481 e. The van der Waals surface area contributed by atoms with Crippen molar-refractivity contribution >= 4 is 27.1 Å². The largest absolute Gasteiger partial charge is 0.481 e. The number of oxazole rings is 1. The molecule has 1 fully saturated rings. The highest BCUT2D eigenvalue weighted by Gasteiger charge is 2.44. The summed E-state index contributed by atoms with van der Waals surface area (Å²) in [5.74, 6) is -1.59. The fourth-order valence-corrected chi connectivity index (χ4v) is 4.30. The van der Waals surface area contributed by atoms with Gasteiger partial charge in [-0.2, -0.15) is 4.31 Å². The molecule has 1 N–H and O–H groups in total. The van der Waals surface area contributed by atoms with Crippen molar-refractivity contribution in [2.45, 2.75) is 18.2 Å². The second kappa shape index (κ2) is 4.93. The van der Waals surface area contributed by atoms with Crippen molar-refractivity contribution in [2.24, 2.45) is 12.5 Å². The second-order valence-corrected chi connectivity index (χ2v) is 7.95. The third-order valence-electron chi connectivity index (χ3n) is 4.36. The average Bonchev–Trinajstić information content (AvgIpc) is 3.02. The number of aliphatic carboxylic acids is 1. The van der Waals surface area contributed by atoms with E-state index in [1.165, 1.54) is 36.7 Å². The van der Waals surface area contributed by atoms with Gasteiger partial charge in [-0.15, -0.1) is 0 Å². The van der Waals surface area contributed by atoms with Crippen LogP contribution in [0.25, 0.3) is 11.1 Å². The summed E-state index contributed by atoms with van der Waals surface area (Å²) in [6.07, 6.45) is 0.254. The Balaban J connectivity index is 2.01. The first-order chi connectivity index (χ1) is 10.6. The first-order valence-corrected chi connectivity index (χ1v) is 8.42. The SMILES string of the molecule is Cn1c(=O)oc2cc(S(=O)(=O)N3CCC(C)(C(=O)O)C3)ccc21. The van der Waals surface area contributed by atoms with Gasteiger partial charge in [-0.3, -0.25) is 9.36 Å². The Bertz CT molecular complexity index is 957. The number of aryl methyl sites for hydroxylation is 1. The number of nitrogens with zero attached hydrogens (tertiary/aromatic N) is 2. The van der Waals surface area contributed by atoms with Gasteiger partial charge in [-0.05, 0) is 25.5 Å². The van der Waals surface area contributed by atoms with Crippen LogP contribution < -0.4 is 5.76 Å². The summed E-state index contributed by atoms with van der Waals surface area (Å²) in [4.78, 5) is 22.7. The molecule has 0 amide bonds. The summed E-state index contributed by atoms with van der Waals surface area (Å²) in [6, 6.07) is 4.19. The summed E-state index contributed by atoms with van der Waals surface area (Å²) >= 11 is 0. The minimum absolute atomic E-state index is 0.0195. The van der Waals surface area contributed by atoms with Crippen molar-refractivity contribution < 1.29 is 22.7 Å². The number of carboxylic acid groups (broad SMARTS) is 1. The maximum Gasteiger partial charge on any atom is 0.419 e. The fourth-order valence-electron chi connectivity index (χ4n) is 2.72. The van der Waals surface area contributed by atoms with Crippen LogP contribution in [-0.2, 0) is 21.9 Å². The molecule has 124 valence electrons. The Hall–Kier alpha value is -2.13. The standard InChI is InChI=1S/C14H16N2O6S/c1-14(12(17)18)5-6-16(8-14)23(20,21)9-3-4-10-11(7-9)22-13(19)15(10)2/h3-4,7H,5-6,8H2,1-2H3,(H,17,18). The summed E-state index contributed by atoms with van der Waals surface area (Å²) in [7, 11) is -2.31. The van der Waals surface area contributed by atoms with E-state index in [4.69, 9.17) is 4.42 Å². The monoisotopic (exact) mass is 340 g/mol. The summed E-state index contributed by atoms with van der Waals surface area (Å²) < 4.78 is 32.8. The number of hydrogen-bond acceptors (Lipinski definition) is 5. The van der Waals surface area contributed by atoms with Gasteiger partial charge in [0.1, 0.15) is 0 Å². The molecule has 1 atom stereocenters. The molecule has 1 unspecified atom stereocenters. The van der Waals surface area contributed by atoms with E-state index in [0.29, 0.717) is 5.52 Å². The molecule has 8 nitrogen and oxygen atoms in total. The zero-order valence-electron chi connectivity index (χ0n) is 12.6. The topological polar surface area (TPSA) is 110 Å². The molecule has 0 aliphatic carbocycles. The van der Waals surface area contributed by atoms with Gasteiger partial charge >= 0.3 is 11.7 Å². The van der Waals surface area contributed by atoms with E-state index >= 15 is 0 Å². The molecular formula is C14H16N2O6S. The molecule has 1 saturated heterocycles. The molecule has 1 aromatic heterocycles. The molecule has 2 heterocycles. The van der Waals surface area contributed by atoms with Crippen molar-refractivity contribution in [1.29, 1.82) is 0 Å². The van der Waals surface area contributed by atoms with Gasteiger partial charge < -0.3 is 9.52 Å². The molecule has 3 rings (SSSR count). The molecule has 1 aliphatic heterocycles. The van der Waals surface area contributed by atoms with Crippen LogP contribution in [0.1, 0.15) is 13.3 Å². The van der Waals surface area contributed by atoms with E-state index in [2.05, 4.69) is 0 Å². The predicted molar refractivity (Wildman–Crippen MR) is 80.6 cm³/mol. The van der Waals surface area contributed by atoms with Gasteiger partial charge in [0, 0.05) is 26.2 Å². The third kappa shape index (κ3) is 2.36. The first kappa shape index (κ1) is 15.8. The van der Waals surface area contributed by atoms with Crippen molar-refractivity contribution in [3.63, 3.8) is 0 Å². The maximum absolute atomic E-state index is 12.7. The van der Waals surface area contributed by atoms with Crippen molar-refractivity contribution in [3.05, 3.63) is 28.7 Å². The smallest absolute Gasteiger partial charge is 0.419 e. The Morgan fingerprint density at radius 3 is 2.70 bits per heavy atom. The van der Waals surface area contributed by atoms with E-state index in [-0.39, 0.29) is 30.0 Å². The number of benzene rings is 1. The van der Waals surface area contributed by atoms with Gasteiger partial charge in [0.05, 0.1) is 15.8 Å². The van der Waals surface area contributed by atoms with Gasteiger partial charge in [0.15, 0.2) is 5.58 Å². The first-order valence-electron chi connectivity index (χ1n) is 6.98. The van der Waals surface area contributed by atoms with Crippen LogP contribution in [0.4, 0.5) is 0 Å². The molecule has 0 radical (unpaired) electrons. The number of rotatable bonds is 3. The number of carbonyl (C=O) groups is 1. The summed E-state index contributed by atoms with van der Waals surface area (Å²) in [5.41, 5.74) is -0.416. The molecule has 0 spiro atoms. The van der Waals surface area contributed by atoms with E-state index in [1.807, 2.05) is 0 Å². The number of hydrogen-bond donors (Lipinski definition) is 1. The highest BCUT2D eigenvalue weighted by molar-refractivity contribution is 7.89. The van der Waals surface area contributed by atoms with E-state index in [1.54, 1.807) is 0 Å². The van der Waals surface area contributed by atoms with Crippen molar-refractivity contribution in [1.82, 2.24) is 8.87 Å². The van der Waals surface area contributed by atoms with Crippen LogP contribution in [0.15, 0.2) is 32.3 Å². The molecule has 23 heavy (non-hydrogen) atoms. The van der Waals surface area contributed by atoms with Crippen molar-refractivity contribution in [2.75, 3.05) is 13.1 Å². The zero-order valence-corrected chi connectivity index (χ0v) is 13.5. The highest BCUT2D eigenvalue weighted by atomic mass is 32.2. The lowest BCUT2D eigenvalue weighted by Crippen LogP contribution is -2.34. The normalized spacial score (nSPS) is 22.7. The number of fused-ring (bicyclic) bond motifs is 1. The Labute approximate surface area is 132 Å². The number of aromatic nitrogens is 1. The van der Waals surface area contributed by atoms with Crippen LogP contribution in [0.3, 0.4) is 0 Å². The van der Waals surface area contributed by atoms with E-state index in [0.717, 1.165) is 4.31 Å². The maximum atomic E-state index is 12.7.